The number of aryl methyl sites for hydroxylation is 4. The first-order valence-electron chi connectivity index (χ1n) is 7.93. The van der Waals surface area contributed by atoms with Crippen molar-refractivity contribution in [3.8, 4) is 5.75 Å². The third-order valence-corrected chi connectivity index (χ3v) is 4.12. The van der Waals surface area contributed by atoms with Crippen molar-refractivity contribution in [1.82, 2.24) is 5.32 Å². The Bertz CT molecular complexity index is 707. The first-order valence-corrected chi connectivity index (χ1v) is 7.93. The Morgan fingerprint density at radius 1 is 1.00 bits per heavy atom. The highest BCUT2D eigenvalue weighted by Gasteiger charge is 2.12. The molecule has 3 nitrogen and oxygen atoms in total. The molecule has 3 heteroatoms. The van der Waals surface area contributed by atoms with Crippen LogP contribution in [0.2, 0.25) is 0 Å². The van der Waals surface area contributed by atoms with Crippen molar-refractivity contribution in [3.05, 3.63) is 64.2 Å². The Hall–Kier alpha value is -2.29. The molecule has 0 aromatic heterocycles. The average Bonchev–Trinajstić information content (AvgIpc) is 2.48. The molecule has 0 unspecified atom stereocenters. The van der Waals surface area contributed by atoms with E-state index in [0.717, 1.165) is 16.9 Å². The molecule has 2 aromatic carbocycles. The molecule has 1 amide bonds. The fraction of sp³-hybridized carbons (Fsp3) is 0.350. The zero-order valence-corrected chi connectivity index (χ0v) is 14.6. The van der Waals surface area contributed by atoms with Crippen molar-refractivity contribution in [2.24, 2.45) is 0 Å². The minimum Gasteiger partial charge on any atom is -0.484 e. The van der Waals surface area contributed by atoms with Crippen LogP contribution < -0.4 is 10.1 Å². The first kappa shape index (κ1) is 17.1. The van der Waals surface area contributed by atoms with Crippen LogP contribution in [0.25, 0.3) is 0 Å². The van der Waals surface area contributed by atoms with Crippen molar-refractivity contribution >= 4 is 5.91 Å². The predicted molar refractivity (Wildman–Crippen MR) is 93.9 cm³/mol. The van der Waals surface area contributed by atoms with Gasteiger partial charge >= 0.3 is 0 Å². The number of hydrogen-bond acceptors (Lipinski definition) is 2. The van der Waals surface area contributed by atoms with Crippen LogP contribution >= 0.6 is 0 Å². The van der Waals surface area contributed by atoms with Gasteiger partial charge in [0.05, 0.1) is 6.04 Å². The summed E-state index contributed by atoms with van der Waals surface area (Å²) in [4.78, 5) is 12.1. The molecule has 0 aliphatic rings. The lowest BCUT2D eigenvalue weighted by atomic mass is 10.0. The summed E-state index contributed by atoms with van der Waals surface area (Å²) in [5.74, 6) is 0.609. The van der Waals surface area contributed by atoms with E-state index in [9.17, 15) is 4.79 Å². The Morgan fingerprint density at radius 3 is 2.39 bits per heavy atom. The second-order valence-electron chi connectivity index (χ2n) is 6.18. The van der Waals surface area contributed by atoms with Crippen LogP contribution in [0.4, 0.5) is 0 Å². The lowest BCUT2D eigenvalue weighted by molar-refractivity contribution is -0.123. The Balaban J connectivity index is 1.92. The van der Waals surface area contributed by atoms with Crippen molar-refractivity contribution in [2.75, 3.05) is 6.61 Å². The molecular formula is C20H25NO2. The molecule has 1 atom stereocenters. The molecule has 122 valence electrons. The summed E-state index contributed by atoms with van der Waals surface area (Å²) < 4.78 is 5.58. The molecule has 0 spiro atoms. The van der Waals surface area contributed by atoms with Crippen LogP contribution in [-0.2, 0) is 4.79 Å². The minimum absolute atomic E-state index is 0.0255. The van der Waals surface area contributed by atoms with E-state index < -0.39 is 0 Å². The Morgan fingerprint density at radius 2 is 1.74 bits per heavy atom. The van der Waals surface area contributed by atoms with Gasteiger partial charge in [0.25, 0.3) is 5.91 Å². The number of amides is 1. The lowest BCUT2D eigenvalue weighted by Crippen LogP contribution is -2.31. The number of nitrogens with one attached hydrogen (secondary N) is 1. The third kappa shape index (κ3) is 4.59. The zero-order chi connectivity index (χ0) is 17.0. The number of hydrogen-bond donors (Lipinski definition) is 1. The van der Waals surface area contributed by atoms with Gasteiger partial charge in [-0.25, -0.2) is 0 Å². The molecular weight excluding hydrogens is 286 g/mol. The summed E-state index contributed by atoms with van der Waals surface area (Å²) in [6.45, 7) is 10.2. The van der Waals surface area contributed by atoms with Gasteiger partial charge in [-0.2, -0.15) is 0 Å². The maximum atomic E-state index is 12.1. The zero-order valence-electron chi connectivity index (χ0n) is 14.6. The SMILES string of the molecule is Cc1ccc([C@H](C)NC(=O)COc2ccc(C)c(C)c2)c(C)c1. The molecule has 23 heavy (non-hydrogen) atoms. The molecule has 0 radical (unpaired) electrons. The molecule has 0 heterocycles. The summed E-state index contributed by atoms with van der Waals surface area (Å²) >= 11 is 0. The Kier molecular flexibility index (Phi) is 5.43. The van der Waals surface area contributed by atoms with Gasteiger partial charge in [-0.05, 0) is 69.0 Å². The third-order valence-electron chi connectivity index (χ3n) is 4.12. The summed E-state index contributed by atoms with van der Waals surface area (Å²) in [6.07, 6.45) is 0. The Labute approximate surface area is 138 Å². The van der Waals surface area contributed by atoms with E-state index in [-0.39, 0.29) is 18.6 Å². The lowest BCUT2D eigenvalue weighted by Gasteiger charge is -2.17. The number of ether oxygens (including phenoxy) is 1. The second kappa shape index (κ2) is 7.32. The average molecular weight is 311 g/mol. The van der Waals surface area contributed by atoms with Crippen molar-refractivity contribution < 1.29 is 9.53 Å². The highest BCUT2D eigenvalue weighted by molar-refractivity contribution is 5.78. The number of carbonyl (C=O) groups excluding carboxylic acids is 1. The standard InChI is InChI=1S/C20H25NO2/c1-13-6-9-19(16(4)10-13)17(5)21-20(22)12-23-18-8-7-14(2)15(3)11-18/h6-11,17H,12H2,1-5H3,(H,21,22)/t17-/m0/s1. The molecule has 0 aliphatic carbocycles. The first-order chi connectivity index (χ1) is 10.9. The molecule has 1 N–H and O–H groups in total. The van der Waals surface area contributed by atoms with Crippen LogP contribution in [0.5, 0.6) is 5.75 Å². The minimum atomic E-state index is -0.115. The smallest absolute Gasteiger partial charge is 0.258 e. The van der Waals surface area contributed by atoms with Crippen LogP contribution in [0.1, 0.15) is 40.8 Å². The highest BCUT2D eigenvalue weighted by Crippen LogP contribution is 2.19. The van der Waals surface area contributed by atoms with Gasteiger partial charge in [-0.1, -0.05) is 29.8 Å². The van der Waals surface area contributed by atoms with E-state index in [1.807, 2.05) is 32.0 Å². The van der Waals surface area contributed by atoms with Gasteiger partial charge in [0.1, 0.15) is 5.75 Å². The normalized spacial score (nSPS) is 11.9. The molecule has 0 saturated heterocycles. The number of benzene rings is 2. The van der Waals surface area contributed by atoms with Crippen LogP contribution in [0.3, 0.4) is 0 Å². The van der Waals surface area contributed by atoms with E-state index in [0.29, 0.717) is 0 Å². The van der Waals surface area contributed by atoms with Gasteiger partial charge in [-0.15, -0.1) is 0 Å². The summed E-state index contributed by atoms with van der Waals surface area (Å²) in [5.41, 5.74) is 5.92. The van der Waals surface area contributed by atoms with Crippen LogP contribution in [-0.4, -0.2) is 12.5 Å². The van der Waals surface area contributed by atoms with Gasteiger partial charge in [-0.3, -0.25) is 4.79 Å². The molecule has 0 bridgehead atoms. The van der Waals surface area contributed by atoms with Gasteiger partial charge in [0.15, 0.2) is 6.61 Å². The monoisotopic (exact) mass is 311 g/mol. The van der Waals surface area contributed by atoms with Crippen LogP contribution in [0, 0.1) is 27.7 Å². The van der Waals surface area contributed by atoms with Crippen molar-refractivity contribution in [2.45, 2.75) is 40.7 Å². The summed E-state index contributed by atoms with van der Waals surface area (Å²) in [5, 5.41) is 2.99. The molecule has 2 rings (SSSR count). The molecule has 2 aromatic rings. The largest absolute Gasteiger partial charge is 0.484 e. The molecule has 0 saturated carbocycles. The van der Waals surface area contributed by atoms with E-state index in [4.69, 9.17) is 4.74 Å². The number of rotatable bonds is 5. The fourth-order valence-corrected chi connectivity index (χ4v) is 2.62. The van der Waals surface area contributed by atoms with Crippen molar-refractivity contribution in [3.63, 3.8) is 0 Å². The fourth-order valence-electron chi connectivity index (χ4n) is 2.62. The summed E-state index contributed by atoms with van der Waals surface area (Å²) in [6, 6.07) is 12.1. The van der Waals surface area contributed by atoms with E-state index in [1.54, 1.807) is 0 Å². The van der Waals surface area contributed by atoms with Crippen LogP contribution in [0.15, 0.2) is 36.4 Å². The predicted octanol–water partition coefficient (Wildman–Crippen LogP) is 4.18. The van der Waals surface area contributed by atoms with Gasteiger partial charge < -0.3 is 10.1 Å². The van der Waals surface area contributed by atoms with E-state index in [1.165, 1.54) is 16.7 Å². The highest BCUT2D eigenvalue weighted by atomic mass is 16.5. The van der Waals surface area contributed by atoms with Crippen molar-refractivity contribution in [1.29, 1.82) is 0 Å². The van der Waals surface area contributed by atoms with E-state index >= 15 is 0 Å². The second-order valence-corrected chi connectivity index (χ2v) is 6.18. The summed E-state index contributed by atoms with van der Waals surface area (Å²) in [7, 11) is 0. The molecule has 0 aliphatic heterocycles. The topological polar surface area (TPSA) is 38.3 Å². The molecule has 0 fully saturated rings. The van der Waals surface area contributed by atoms with Gasteiger partial charge in [0, 0.05) is 0 Å². The maximum Gasteiger partial charge on any atom is 0.258 e. The maximum absolute atomic E-state index is 12.1. The quantitative estimate of drug-likeness (QED) is 0.899. The number of carbonyl (C=O) groups is 1. The van der Waals surface area contributed by atoms with Gasteiger partial charge in [0.2, 0.25) is 0 Å². The van der Waals surface area contributed by atoms with E-state index in [2.05, 4.69) is 44.3 Å².